The van der Waals surface area contributed by atoms with E-state index in [1.807, 2.05) is 0 Å². The van der Waals surface area contributed by atoms with Crippen LogP contribution in [0.25, 0.3) is 6.08 Å². The first-order valence-electron chi connectivity index (χ1n) is 5.51. The average Bonchev–Trinajstić information content (AvgIpc) is 2.18. The summed E-state index contributed by atoms with van der Waals surface area (Å²) in [6.45, 7) is 7.83. The SMILES string of the molecule is C[Si](C)(C)c1ccc(C=CCCN)cc1. The van der Waals surface area contributed by atoms with Gasteiger partial charge in [0, 0.05) is 0 Å². The summed E-state index contributed by atoms with van der Waals surface area (Å²) in [6.07, 6.45) is 5.22. The molecule has 1 aromatic rings. The molecule has 2 heteroatoms. The molecule has 1 rings (SSSR count). The molecule has 0 atom stereocenters. The number of hydrogen-bond acceptors (Lipinski definition) is 1. The molecule has 0 unspecified atom stereocenters. The van der Waals surface area contributed by atoms with E-state index >= 15 is 0 Å². The number of rotatable bonds is 4. The summed E-state index contributed by atoms with van der Waals surface area (Å²) in [5, 5.41) is 1.51. The van der Waals surface area contributed by atoms with Crippen molar-refractivity contribution in [1.82, 2.24) is 0 Å². The highest BCUT2D eigenvalue weighted by Gasteiger charge is 2.15. The molecular formula is C13H21NSi. The summed E-state index contributed by atoms with van der Waals surface area (Å²) >= 11 is 0. The molecular weight excluding hydrogens is 198 g/mol. The van der Waals surface area contributed by atoms with Crippen molar-refractivity contribution in [2.24, 2.45) is 5.73 Å². The second-order valence-electron chi connectivity index (χ2n) is 4.85. The second kappa shape index (κ2) is 5.28. The molecule has 0 fully saturated rings. The third kappa shape index (κ3) is 4.02. The Balaban J connectivity index is 2.73. The Kier molecular flexibility index (Phi) is 4.30. The lowest BCUT2D eigenvalue weighted by atomic mass is 10.2. The van der Waals surface area contributed by atoms with Crippen molar-refractivity contribution in [2.75, 3.05) is 6.54 Å². The van der Waals surface area contributed by atoms with Gasteiger partial charge in [-0.3, -0.25) is 0 Å². The zero-order valence-corrected chi connectivity index (χ0v) is 11.0. The summed E-state index contributed by atoms with van der Waals surface area (Å²) in [4.78, 5) is 0. The summed E-state index contributed by atoms with van der Waals surface area (Å²) < 4.78 is 0. The number of nitrogens with two attached hydrogens (primary N) is 1. The van der Waals surface area contributed by atoms with E-state index in [4.69, 9.17) is 5.73 Å². The van der Waals surface area contributed by atoms with Gasteiger partial charge in [0.2, 0.25) is 0 Å². The molecule has 0 amide bonds. The maximum Gasteiger partial charge on any atom is 0.0775 e. The van der Waals surface area contributed by atoms with Gasteiger partial charge in [-0.25, -0.2) is 0 Å². The maximum absolute atomic E-state index is 5.43. The first kappa shape index (κ1) is 12.2. The van der Waals surface area contributed by atoms with E-state index in [9.17, 15) is 0 Å². The molecule has 0 aliphatic carbocycles. The van der Waals surface area contributed by atoms with E-state index in [-0.39, 0.29) is 0 Å². The highest BCUT2D eigenvalue weighted by atomic mass is 28.3. The predicted molar refractivity (Wildman–Crippen MR) is 72.1 cm³/mol. The zero-order valence-electron chi connectivity index (χ0n) is 9.96. The number of benzene rings is 1. The van der Waals surface area contributed by atoms with Gasteiger partial charge in [0.05, 0.1) is 8.07 Å². The van der Waals surface area contributed by atoms with Gasteiger partial charge in [0.25, 0.3) is 0 Å². The van der Waals surface area contributed by atoms with Crippen LogP contribution in [0.4, 0.5) is 0 Å². The Labute approximate surface area is 94.0 Å². The minimum atomic E-state index is -1.14. The van der Waals surface area contributed by atoms with Gasteiger partial charge in [0.1, 0.15) is 0 Å². The van der Waals surface area contributed by atoms with Crippen LogP contribution in [0.1, 0.15) is 12.0 Å². The highest BCUT2D eigenvalue weighted by molar-refractivity contribution is 6.88. The van der Waals surface area contributed by atoms with Crippen molar-refractivity contribution in [3.63, 3.8) is 0 Å². The molecule has 2 N–H and O–H groups in total. The third-order valence-corrected chi connectivity index (χ3v) is 4.49. The van der Waals surface area contributed by atoms with E-state index in [0.717, 1.165) is 13.0 Å². The molecule has 0 aliphatic rings. The molecule has 1 nitrogen and oxygen atoms in total. The maximum atomic E-state index is 5.43. The molecule has 0 spiro atoms. The van der Waals surface area contributed by atoms with Crippen molar-refractivity contribution < 1.29 is 0 Å². The van der Waals surface area contributed by atoms with E-state index in [0.29, 0.717) is 0 Å². The fraction of sp³-hybridized carbons (Fsp3) is 0.385. The summed E-state index contributed by atoms with van der Waals surface area (Å²) in [6, 6.07) is 8.91. The quantitative estimate of drug-likeness (QED) is 0.774. The fourth-order valence-electron chi connectivity index (χ4n) is 1.41. The van der Waals surface area contributed by atoms with Crippen LogP contribution in [-0.4, -0.2) is 14.6 Å². The van der Waals surface area contributed by atoms with Crippen LogP contribution in [0.15, 0.2) is 30.3 Å². The van der Waals surface area contributed by atoms with Crippen molar-refractivity contribution in [2.45, 2.75) is 26.1 Å². The normalized spacial score (nSPS) is 12.3. The molecule has 0 aliphatic heterocycles. The molecule has 1 aromatic carbocycles. The first-order chi connectivity index (χ1) is 7.04. The van der Waals surface area contributed by atoms with Crippen molar-refractivity contribution in [3.8, 4) is 0 Å². The van der Waals surface area contributed by atoms with E-state index in [2.05, 4.69) is 56.1 Å². The Bertz CT molecular complexity index is 319. The van der Waals surface area contributed by atoms with Crippen LogP contribution in [0.3, 0.4) is 0 Å². The molecule has 0 heterocycles. The van der Waals surface area contributed by atoms with Gasteiger partial charge in [-0.05, 0) is 18.5 Å². The molecule has 0 radical (unpaired) electrons. The highest BCUT2D eigenvalue weighted by Crippen LogP contribution is 2.06. The van der Waals surface area contributed by atoms with Crippen LogP contribution < -0.4 is 10.9 Å². The molecule has 82 valence electrons. The lowest BCUT2D eigenvalue weighted by Gasteiger charge is -2.16. The minimum absolute atomic E-state index is 0.726. The van der Waals surface area contributed by atoms with Crippen LogP contribution in [0, 0.1) is 0 Å². The smallest absolute Gasteiger partial charge is 0.0775 e. The monoisotopic (exact) mass is 219 g/mol. The van der Waals surface area contributed by atoms with Gasteiger partial charge >= 0.3 is 0 Å². The van der Waals surface area contributed by atoms with Crippen molar-refractivity contribution in [3.05, 3.63) is 35.9 Å². The van der Waals surface area contributed by atoms with Crippen molar-refractivity contribution >= 4 is 19.3 Å². The third-order valence-electron chi connectivity index (χ3n) is 2.42. The lowest BCUT2D eigenvalue weighted by molar-refractivity contribution is 1.01. The summed E-state index contributed by atoms with van der Waals surface area (Å²) in [5.74, 6) is 0. The van der Waals surface area contributed by atoms with Gasteiger partial charge in [-0.15, -0.1) is 0 Å². The molecule has 0 saturated carbocycles. The standard InChI is InChI=1S/C13H21NSi/c1-15(2,3)13-9-7-12(8-10-13)6-4-5-11-14/h4,6-10H,5,11,14H2,1-3H3. The Morgan fingerprint density at radius 3 is 2.20 bits per heavy atom. The van der Waals surface area contributed by atoms with Gasteiger partial charge in [-0.2, -0.15) is 0 Å². The molecule has 0 aromatic heterocycles. The molecule has 15 heavy (non-hydrogen) atoms. The molecule has 0 bridgehead atoms. The molecule has 0 saturated heterocycles. The van der Waals surface area contributed by atoms with Crippen LogP contribution in [0.5, 0.6) is 0 Å². The van der Waals surface area contributed by atoms with Gasteiger partial charge in [0.15, 0.2) is 0 Å². The first-order valence-corrected chi connectivity index (χ1v) is 9.01. The van der Waals surface area contributed by atoms with E-state index in [1.54, 1.807) is 0 Å². The minimum Gasteiger partial charge on any atom is -0.330 e. The topological polar surface area (TPSA) is 26.0 Å². The summed E-state index contributed by atoms with van der Waals surface area (Å²) in [5.41, 5.74) is 6.70. The van der Waals surface area contributed by atoms with Crippen LogP contribution in [-0.2, 0) is 0 Å². The average molecular weight is 219 g/mol. The lowest BCUT2D eigenvalue weighted by Crippen LogP contribution is -2.37. The van der Waals surface area contributed by atoms with E-state index < -0.39 is 8.07 Å². The van der Waals surface area contributed by atoms with Gasteiger partial charge < -0.3 is 5.73 Å². The van der Waals surface area contributed by atoms with E-state index in [1.165, 1.54) is 10.8 Å². The van der Waals surface area contributed by atoms with Crippen LogP contribution >= 0.6 is 0 Å². The van der Waals surface area contributed by atoms with Crippen LogP contribution in [0.2, 0.25) is 19.6 Å². The Hall–Kier alpha value is -0.863. The van der Waals surface area contributed by atoms with Crippen molar-refractivity contribution in [1.29, 1.82) is 0 Å². The second-order valence-corrected chi connectivity index (χ2v) is 9.93. The Morgan fingerprint density at radius 1 is 1.13 bits per heavy atom. The summed E-state index contributed by atoms with van der Waals surface area (Å²) in [7, 11) is -1.14. The predicted octanol–water partition coefficient (Wildman–Crippen LogP) is 2.59. The largest absolute Gasteiger partial charge is 0.330 e. The number of hydrogen-bond donors (Lipinski definition) is 1. The fourth-order valence-corrected chi connectivity index (χ4v) is 2.58. The zero-order chi connectivity index (χ0) is 11.3. The van der Waals surface area contributed by atoms with Gasteiger partial charge in [-0.1, -0.05) is 61.2 Å². The Morgan fingerprint density at radius 2 is 1.73 bits per heavy atom.